The molecule has 0 radical (unpaired) electrons. The van der Waals surface area contributed by atoms with Gasteiger partial charge in [0, 0.05) is 10.6 Å². The van der Waals surface area contributed by atoms with Crippen LogP contribution in [0.25, 0.3) is 0 Å². The molecule has 0 aliphatic carbocycles. The van der Waals surface area contributed by atoms with Gasteiger partial charge < -0.3 is 9.84 Å². The van der Waals surface area contributed by atoms with E-state index in [2.05, 4.69) is 0 Å². The van der Waals surface area contributed by atoms with Crippen molar-refractivity contribution in [3.05, 3.63) is 62.6 Å². The van der Waals surface area contributed by atoms with Gasteiger partial charge in [0.1, 0.15) is 17.9 Å². The molecule has 0 amide bonds. The Morgan fingerprint density at radius 2 is 1.70 bits per heavy atom. The van der Waals surface area contributed by atoms with Gasteiger partial charge in [0.05, 0.1) is 10.0 Å². The van der Waals surface area contributed by atoms with Crippen molar-refractivity contribution in [3.8, 4) is 5.75 Å². The van der Waals surface area contributed by atoms with Gasteiger partial charge in [-0.25, -0.2) is 4.79 Å². The molecule has 104 valence electrons. The summed E-state index contributed by atoms with van der Waals surface area (Å²) in [7, 11) is 0. The highest BCUT2D eigenvalue weighted by atomic mass is 35.5. The van der Waals surface area contributed by atoms with Crippen LogP contribution in [0.15, 0.2) is 36.4 Å². The van der Waals surface area contributed by atoms with Crippen LogP contribution >= 0.6 is 34.8 Å². The van der Waals surface area contributed by atoms with Crippen LogP contribution in [0.3, 0.4) is 0 Å². The third kappa shape index (κ3) is 3.18. The van der Waals surface area contributed by atoms with E-state index < -0.39 is 5.97 Å². The molecule has 0 spiro atoms. The predicted octanol–water partition coefficient (Wildman–Crippen LogP) is 4.92. The Hall–Kier alpha value is -1.42. The SMILES string of the molecule is O=C(O)c1ccccc1OCc1c(Cl)ccc(Cl)c1Cl. The Bertz CT molecular complexity index is 656. The molecule has 2 aromatic rings. The van der Waals surface area contributed by atoms with Crippen molar-refractivity contribution in [2.45, 2.75) is 6.61 Å². The minimum Gasteiger partial charge on any atom is -0.488 e. The number of aromatic carboxylic acids is 1. The number of carboxylic acid groups (broad SMARTS) is 1. The first-order chi connectivity index (χ1) is 9.50. The second-order valence-electron chi connectivity index (χ2n) is 3.91. The molecule has 3 nitrogen and oxygen atoms in total. The molecular weight excluding hydrogens is 323 g/mol. The second-order valence-corrected chi connectivity index (χ2v) is 5.10. The molecule has 0 bridgehead atoms. The van der Waals surface area contributed by atoms with Crippen molar-refractivity contribution in [2.24, 2.45) is 0 Å². The Morgan fingerprint density at radius 3 is 2.40 bits per heavy atom. The summed E-state index contributed by atoms with van der Waals surface area (Å²) < 4.78 is 5.49. The zero-order chi connectivity index (χ0) is 14.7. The van der Waals surface area contributed by atoms with Crippen molar-refractivity contribution < 1.29 is 14.6 Å². The first-order valence-electron chi connectivity index (χ1n) is 5.58. The van der Waals surface area contributed by atoms with Crippen molar-refractivity contribution in [2.75, 3.05) is 0 Å². The van der Waals surface area contributed by atoms with Crippen molar-refractivity contribution >= 4 is 40.8 Å². The van der Waals surface area contributed by atoms with Gasteiger partial charge in [0.25, 0.3) is 0 Å². The highest BCUT2D eigenvalue weighted by Crippen LogP contribution is 2.32. The van der Waals surface area contributed by atoms with Gasteiger partial charge in [-0.3, -0.25) is 0 Å². The highest BCUT2D eigenvalue weighted by molar-refractivity contribution is 6.44. The lowest BCUT2D eigenvalue weighted by atomic mass is 10.2. The van der Waals surface area contributed by atoms with Crippen LogP contribution in [-0.4, -0.2) is 11.1 Å². The fourth-order valence-electron chi connectivity index (χ4n) is 1.62. The topological polar surface area (TPSA) is 46.5 Å². The summed E-state index contributed by atoms with van der Waals surface area (Å²) >= 11 is 18.0. The zero-order valence-electron chi connectivity index (χ0n) is 10.1. The number of halogens is 3. The number of hydrogen-bond donors (Lipinski definition) is 1. The van der Waals surface area contributed by atoms with Gasteiger partial charge in [0.2, 0.25) is 0 Å². The van der Waals surface area contributed by atoms with E-state index in [1.807, 2.05) is 0 Å². The van der Waals surface area contributed by atoms with Crippen LogP contribution < -0.4 is 4.74 Å². The third-order valence-corrected chi connectivity index (χ3v) is 3.83. The van der Waals surface area contributed by atoms with Gasteiger partial charge in [-0.1, -0.05) is 46.9 Å². The van der Waals surface area contributed by atoms with E-state index >= 15 is 0 Å². The number of rotatable bonds is 4. The molecule has 0 aromatic heterocycles. The minimum atomic E-state index is -1.07. The molecule has 2 rings (SSSR count). The summed E-state index contributed by atoms with van der Waals surface area (Å²) in [5.41, 5.74) is 0.586. The molecule has 0 saturated heterocycles. The molecule has 0 saturated carbocycles. The Labute approximate surface area is 130 Å². The summed E-state index contributed by atoms with van der Waals surface area (Å²) in [6.07, 6.45) is 0. The Kier molecular flexibility index (Phi) is 4.76. The minimum absolute atomic E-state index is 0.0303. The fraction of sp³-hybridized carbons (Fsp3) is 0.0714. The largest absolute Gasteiger partial charge is 0.488 e. The first kappa shape index (κ1) is 15.0. The molecule has 20 heavy (non-hydrogen) atoms. The van der Waals surface area contributed by atoms with Crippen molar-refractivity contribution in [3.63, 3.8) is 0 Å². The Morgan fingerprint density at radius 1 is 1.05 bits per heavy atom. The summed E-state index contributed by atoms with van der Waals surface area (Å²) in [6, 6.07) is 9.52. The molecule has 6 heteroatoms. The number of benzene rings is 2. The van der Waals surface area contributed by atoms with E-state index in [1.165, 1.54) is 6.07 Å². The zero-order valence-corrected chi connectivity index (χ0v) is 12.3. The third-order valence-electron chi connectivity index (χ3n) is 2.63. The maximum Gasteiger partial charge on any atom is 0.339 e. The van der Waals surface area contributed by atoms with Crippen LogP contribution in [0.4, 0.5) is 0 Å². The second kappa shape index (κ2) is 6.35. The lowest BCUT2D eigenvalue weighted by molar-refractivity contribution is 0.0692. The van der Waals surface area contributed by atoms with E-state index in [1.54, 1.807) is 30.3 Å². The highest BCUT2D eigenvalue weighted by Gasteiger charge is 2.13. The summed E-state index contributed by atoms with van der Waals surface area (Å²) in [5, 5.41) is 10.1. The number of ether oxygens (including phenoxy) is 1. The van der Waals surface area contributed by atoms with Crippen LogP contribution in [0.5, 0.6) is 5.75 Å². The van der Waals surface area contributed by atoms with Crippen LogP contribution in [0, 0.1) is 0 Å². The molecule has 0 fully saturated rings. The number of carbonyl (C=O) groups is 1. The van der Waals surface area contributed by atoms with E-state index in [0.29, 0.717) is 20.6 Å². The van der Waals surface area contributed by atoms with Crippen LogP contribution in [0.2, 0.25) is 15.1 Å². The number of hydrogen-bond acceptors (Lipinski definition) is 2. The standard InChI is InChI=1S/C14H9Cl3O3/c15-10-5-6-11(16)13(17)9(10)7-20-12-4-2-1-3-8(12)14(18)19/h1-6H,7H2,(H,18,19). The maximum atomic E-state index is 11.1. The first-order valence-corrected chi connectivity index (χ1v) is 6.71. The molecule has 2 aromatic carbocycles. The number of carboxylic acids is 1. The average molecular weight is 332 g/mol. The average Bonchev–Trinajstić information content (AvgIpc) is 2.43. The van der Waals surface area contributed by atoms with Gasteiger partial charge in [-0.15, -0.1) is 0 Å². The maximum absolute atomic E-state index is 11.1. The molecule has 1 N–H and O–H groups in total. The molecule has 0 aliphatic heterocycles. The molecule has 0 heterocycles. The van der Waals surface area contributed by atoms with E-state index in [0.717, 1.165) is 0 Å². The quantitative estimate of drug-likeness (QED) is 0.809. The van der Waals surface area contributed by atoms with Crippen LogP contribution in [0.1, 0.15) is 15.9 Å². The lowest BCUT2D eigenvalue weighted by Gasteiger charge is -2.12. The summed E-state index contributed by atoms with van der Waals surface area (Å²) in [6.45, 7) is 0.0303. The fourth-order valence-corrected chi connectivity index (χ4v) is 2.28. The summed E-state index contributed by atoms with van der Waals surface area (Å²) in [4.78, 5) is 11.1. The number of para-hydroxylation sites is 1. The molecular formula is C14H9Cl3O3. The van der Waals surface area contributed by atoms with E-state index in [-0.39, 0.29) is 17.9 Å². The molecule has 0 aliphatic rings. The van der Waals surface area contributed by atoms with Crippen molar-refractivity contribution in [1.82, 2.24) is 0 Å². The Balaban J connectivity index is 2.26. The van der Waals surface area contributed by atoms with Gasteiger partial charge >= 0.3 is 5.97 Å². The van der Waals surface area contributed by atoms with E-state index in [4.69, 9.17) is 44.6 Å². The monoisotopic (exact) mass is 330 g/mol. The van der Waals surface area contributed by atoms with Crippen LogP contribution in [-0.2, 0) is 6.61 Å². The lowest BCUT2D eigenvalue weighted by Crippen LogP contribution is -2.04. The van der Waals surface area contributed by atoms with Gasteiger partial charge in [-0.05, 0) is 24.3 Å². The molecule has 0 unspecified atom stereocenters. The van der Waals surface area contributed by atoms with Crippen molar-refractivity contribution in [1.29, 1.82) is 0 Å². The van der Waals surface area contributed by atoms with Gasteiger partial charge in [-0.2, -0.15) is 0 Å². The molecule has 0 atom stereocenters. The normalized spacial score (nSPS) is 10.3. The predicted molar refractivity (Wildman–Crippen MR) is 79.2 cm³/mol. The van der Waals surface area contributed by atoms with E-state index in [9.17, 15) is 4.79 Å². The smallest absolute Gasteiger partial charge is 0.339 e. The van der Waals surface area contributed by atoms with Gasteiger partial charge in [0.15, 0.2) is 0 Å². The summed E-state index contributed by atoms with van der Waals surface area (Å²) in [5.74, 6) is -0.823.